The van der Waals surface area contributed by atoms with Gasteiger partial charge in [-0.25, -0.2) is 17.6 Å². The maximum atomic E-state index is 14.6. The van der Waals surface area contributed by atoms with Crippen molar-refractivity contribution in [2.75, 3.05) is 4.90 Å². The van der Waals surface area contributed by atoms with Gasteiger partial charge in [0.2, 0.25) is 0 Å². The molecular weight excluding hydrogens is 342 g/mol. The summed E-state index contributed by atoms with van der Waals surface area (Å²) in [5.41, 5.74) is 1.02. The summed E-state index contributed by atoms with van der Waals surface area (Å²) < 4.78 is 58.0. The van der Waals surface area contributed by atoms with Gasteiger partial charge in [-0.1, -0.05) is 17.7 Å². The van der Waals surface area contributed by atoms with Crippen molar-refractivity contribution in [2.24, 2.45) is 0 Å². The van der Waals surface area contributed by atoms with Crippen LogP contribution in [-0.4, -0.2) is 0 Å². The van der Waals surface area contributed by atoms with Crippen molar-refractivity contribution in [1.82, 2.24) is 0 Å². The molecule has 0 saturated carbocycles. The lowest BCUT2D eigenvalue weighted by atomic mass is 10.1. The monoisotopic (exact) mass is 359 g/mol. The van der Waals surface area contributed by atoms with Gasteiger partial charge in [0.05, 0.1) is 5.69 Å². The van der Waals surface area contributed by atoms with Crippen LogP contribution in [0, 0.1) is 44.0 Å². The number of benzene rings is 3. The Balaban J connectivity index is 2.31. The van der Waals surface area contributed by atoms with Crippen LogP contribution in [-0.2, 0) is 0 Å². The van der Waals surface area contributed by atoms with Gasteiger partial charge in [0.25, 0.3) is 0 Å². The van der Waals surface area contributed by atoms with Crippen LogP contribution in [0.2, 0.25) is 0 Å². The van der Waals surface area contributed by atoms with E-state index in [9.17, 15) is 17.6 Å². The topological polar surface area (TPSA) is 3.24 Å². The maximum absolute atomic E-state index is 14.6. The molecule has 0 amide bonds. The molecule has 5 heteroatoms. The Morgan fingerprint density at radius 3 is 1.77 bits per heavy atom. The Bertz CT molecular complexity index is 941. The number of hydrogen-bond donors (Lipinski definition) is 0. The van der Waals surface area contributed by atoms with Crippen molar-refractivity contribution < 1.29 is 17.6 Å². The number of hydrogen-bond acceptors (Lipinski definition) is 1. The zero-order chi connectivity index (χ0) is 19.0. The highest BCUT2D eigenvalue weighted by atomic mass is 19.1. The van der Waals surface area contributed by atoms with E-state index in [1.165, 1.54) is 6.92 Å². The average molecular weight is 359 g/mol. The standard InChI is InChI=1S/C21H17F4N/c1-12-4-6-15(7-5-12)26(20-11-16(22)14(3)10-17(20)23)21-18(24)8-13(2)9-19(21)25/h4-11H,1-3H3. The van der Waals surface area contributed by atoms with Crippen LogP contribution >= 0.6 is 0 Å². The predicted octanol–water partition coefficient (Wildman–Crippen LogP) is 6.64. The largest absolute Gasteiger partial charge is 0.302 e. The molecule has 0 aliphatic heterocycles. The van der Waals surface area contributed by atoms with Crippen molar-refractivity contribution in [3.63, 3.8) is 0 Å². The smallest absolute Gasteiger partial charge is 0.150 e. The molecule has 0 aromatic heterocycles. The number of aryl methyl sites for hydroxylation is 3. The predicted molar refractivity (Wildman–Crippen MR) is 95.2 cm³/mol. The van der Waals surface area contributed by atoms with E-state index in [-0.39, 0.29) is 11.3 Å². The molecule has 0 atom stereocenters. The third-order valence-corrected chi connectivity index (χ3v) is 4.15. The third kappa shape index (κ3) is 3.29. The minimum atomic E-state index is -0.858. The fraction of sp³-hybridized carbons (Fsp3) is 0.143. The Kier molecular flexibility index (Phi) is 4.72. The van der Waals surface area contributed by atoms with Crippen LogP contribution in [0.3, 0.4) is 0 Å². The van der Waals surface area contributed by atoms with Crippen molar-refractivity contribution in [3.05, 3.63) is 88.5 Å². The van der Waals surface area contributed by atoms with E-state index < -0.39 is 29.0 Å². The Morgan fingerprint density at radius 1 is 0.615 bits per heavy atom. The summed E-state index contributed by atoms with van der Waals surface area (Å²) in [7, 11) is 0. The summed E-state index contributed by atoms with van der Waals surface area (Å²) in [6.07, 6.45) is 0. The molecule has 0 radical (unpaired) electrons. The Hall–Kier alpha value is -2.82. The first-order valence-electron chi connectivity index (χ1n) is 8.06. The molecule has 0 saturated heterocycles. The third-order valence-electron chi connectivity index (χ3n) is 4.15. The van der Waals surface area contributed by atoms with Gasteiger partial charge in [-0.15, -0.1) is 0 Å². The van der Waals surface area contributed by atoms with Gasteiger partial charge in [-0.2, -0.15) is 0 Å². The van der Waals surface area contributed by atoms with Gasteiger partial charge >= 0.3 is 0 Å². The highest BCUT2D eigenvalue weighted by Crippen LogP contribution is 2.40. The number of nitrogens with zero attached hydrogens (tertiary/aromatic N) is 1. The second kappa shape index (κ2) is 6.83. The zero-order valence-electron chi connectivity index (χ0n) is 14.6. The second-order valence-electron chi connectivity index (χ2n) is 6.30. The summed E-state index contributed by atoms with van der Waals surface area (Å²) >= 11 is 0. The maximum Gasteiger partial charge on any atom is 0.150 e. The van der Waals surface area contributed by atoms with E-state index >= 15 is 0 Å². The van der Waals surface area contributed by atoms with E-state index in [2.05, 4.69) is 0 Å². The normalized spacial score (nSPS) is 10.9. The van der Waals surface area contributed by atoms with Gasteiger partial charge < -0.3 is 4.90 Å². The van der Waals surface area contributed by atoms with Gasteiger partial charge in [-0.05, 0) is 62.2 Å². The fourth-order valence-corrected chi connectivity index (χ4v) is 2.80. The molecule has 3 aromatic rings. The van der Waals surface area contributed by atoms with E-state index in [1.54, 1.807) is 31.2 Å². The van der Waals surface area contributed by atoms with Crippen molar-refractivity contribution >= 4 is 17.1 Å². The molecule has 0 spiro atoms. The molecule has 0 bridgehead atoms. The van der Waals surface area contributed by atoms with Crippen LogP contribution in [0.1, 0.15) is 16.7 Å². The molecule has 0 unspecified atom stereocenters. The highest BCUT2D eigenvalue weighted by Gasteiger charge is 2.24. The van der Waals surface area contributed by atoms with Gasteiger partial charge in [0.1, 0.15) is 29.0 Å². The second-order valence-corrected chi connectivity index (χ2v) is 6.30. The van der Waals surface area contributed by atoms with E-state index in [0.29, 0.717) is 11.3 Å². The van der Waals surface area contributed by atoms with Gasteiger partial charge in [0.15, 0.2) is 0 Å². The van der Waals surface area contributed by atoms with Crippen LogP contribution in [0.4, 0.5) is 34.6 Å². The lowest BCUT2D eigenvalue weighted by Gasteiger charge is -2.27. The summed E-state index contributed by atoms with van der Waals surface area (Å²) in [5, 5.41) is 0. The van der Waals surface area contributed by atoms with Crippen LogP contribution < -0.4 is 4.90 Å². The zero-order valence-corrected chi connectivity index (χ0v) is 14.6. The van der Waals surface area contributed by atoms with Crippen LogP contribution in [0.15, 0.2) is 48.5 Å². The molecule has 3 aromatic carbocycles. The van der Waals surface area contributed by atoms with Crippen LogP contribution in [0.25, 0.3) is 0 Å². The molecule has 26 heavy (non-hydrogen) atoms. The van der Waals surface area contributed by atoms with Crippen molar-refractivity contribution in [3.8, 4) is 0 Å². The highest BCUT2D eigenvalue weighted by molar-refractivity contribution is 5.78. The molecule has 134 valence electrons. The SMILES string of the molecule is Cc1ccc(N(c2cc(F)c(C)cc2F)c2c(F)cc(C)cc2F)cc1. The minimum absolute atomic E-state index is 0.111. The number of rotatable bonds is 3. The quantitative estimate of drug-likeness (QED) is 0.474. The Labute approximate surface area is 149 Å². The van der Waals surface area contributed by atoms with E-state index in [4.69, 9.17) is 0 Å². The first kappa shape index (κ1) is 18.0. The molecule has 0 aliphatic rings. The first-order valence-corrected chi connectivity index (χ1v) is 8.06. The van der Waals surface area contributed by atoms with Crippen molar-refractivity contribution in [2.45, 2.75) is 20.8 Å². The lowest BCUT2D eigenvalue weighted by Crippen LogP contribution is -2.16. The number of anilines is 3. The van der Waals surface area contributed by atoms with Gasteiger partial charge in [0, 0.05) is 11.8 Å². The average Bonchev–Trinajstić information content (AvgIpc) is 2.56. The molecular formula is C21H17F4N. The Morgan fingerprint density at radius 2 is 1.19 bits per heavy atom. The van der Waals surface area contributed by atoms with Crippen LogP contribution in [0.5, 0.6) is 0 Å². The molecule has 0 heterocycles. The van der Waals surface area contributed by atoms with Crippen molar-refractivity contribution in [1.29, 1.82) is 0 Å². The molecule has 0 N–H and O–H groups in total. The number of halogens is 4. The molecule has 1 nitrogen and oxygen atoms in total. The van der Waals surface area contributed by atoms with Gasteiger partial charge in [-0.3, -0.25) is 0 Å². The summed E-state index contributed by atoms with van der Waals surface area (Å²) in [6, 6.07) is 10.9. The summed E-state index contributed by atoms with van der Waals surface area (Å²) in [5.74, 6) is -3.15. The molecule has 0 fully saturated rings. The summed E-state index contributed by atoms with van der Waals surface area (Å²) in [4.78, 5) is 1.06. The fourth-order valence-electron chi connectivity index (χ4n) is 2.80. The lowest BCUT2D eigenvalue weighted by molar-refractivity contribution is 0.577. The molecule has 0 aliphatic carbocycles. The molecule has 3 rings (SSSR count). The minimum Gasteiger partial charge on any atom is -0.302 e. The van der Waals surface area contributed by atoms with E-state index in [0.717, 1.165) is 34.7 Å². The van der Waals surface area contributed by atoms with E-state index in [1.807, 2.05) is 6.92 Å². The summed E-state index contributed by atoms with van der Waals surface area (Å²) in [6.45, 7) is 4.83. The first-order chi connectivity index (χ1) is 12.3.